The van der Waals surface area contributed by atoms with Crippen LogP contribution in [0.1, 0.15) is 63.9 Å². The van der Waals surface area contributed by atoms with E-state index in [1.807, 2.05) is 43.1 Å². The van der Waals surface area contributed by atoms with Gasteiger partial charge in [-0.05, 0) is 57.0 Å². The fraction of sp³-hybridized carbons (Fsp3) is 0.690. The number of likely N-dealkylation sites (tertiary alicyclic amines) is 1. The number of rotatable bonds is 5. The number of carbonyl (C=O) groups excluding carboxylic acids is 3. The van der Waals surface area contributed by atoms with Crippen molar-refractivity contribution in [2.45, 2.75) is 94.7 Å². The molecule has 39 heavy (non-hydrogen) atoms. The van der Waals surface area contributed by atoms with Crippen molar-refractivity contribution in [3.63, 3.8) is 0 Å². The van der Waals surface area contributed by atoms with Gasteiger partial charge in [-0.15, -0.1) is 0 Å². The molecule has 4 aliphatic heterocycles. The molecule has 1 spiro atoms. The van der Waals surface area contributed by atoms with Crippen molar-refractivity contribution in [1.29, 1.82) is 0 Å². The first-order valence-corrected chi connectivity index (χ1v) is 17.6. The van der Waals surface area contributed by atoms with Crippen LogP contribution in [0.4, 0.5) is 11.4 Å². The predicted octanol–water partition coefficient (Wildman–Crippen LogP) is 3.13. The van der Waals surface area contributed by atoms with Crippen LogP contribution in [0.15, 0.2) is 18.2 Å². The zero-order valence-corrected chi connectivity index (χ0v) is 24.7. The molecule has 0 unspecified atom stereocenters. The molecule has 9 nitrogen and oxygen atoms in total. The highest BCUT2D eigenvalue weighted by molar-refractivity contribution is 6.71. The number of ether oxygens (including phenoxy) is 1. The summed E-state index contributed by atoms with van der Waals surface area (Å²) in [5, 5.41) is 9.76. The van der Waals surface area contributed by atoms with Gasteiger partial charge in [0, 0.05) is 49.3 Å². The molecule has 5 atom stereocenters. The first kappa shape index (κ1) is 28.3. The molecule has 3 fully saturated rings. The minimum absolute atomic E-state index is 0.0564. The van der Waals surface area contributed by atoms with Gasteiger partial charge >= 0.3 is 0 Å². The van der Waals surface area contributed by atoms with E-state index in [2.05, 4.69) is 0 Å². The molecule has 4 heterocycles. The van der Waals surface area contributed by atoms with E-state index >= 15 is 0 Å². The van der Waals surface area contributed by atoms with Gasteiger partial charge < -0.3 is 29.3 Å². The van der Waals surface area contributed by atoms with Gasteiger partial charge in [-0.3, -0.25) is 14.4 Å². The second-order valence-electron chi connectivity index (χ2n) is 12.4. The lowest BCUT2D eigenvalue weighted by atomic mass is 9.82. The number of hydrogen-bond acceptors (Lipinski definition) is 6. The number of carbonyl (C=O) groups is 3. The number of nitrogens with zero attached hydrogens (tertiary/aromatic N) is 3. The lowest BCUT2D eigenvalue weighted by molar-refractivity contribution is -0.149. The van der Waals surface area contributed by atoms with E-state index in [0.717, 1.165) is 49.9 Å². The Balaban J connectivity index is 1.53. The van der Waals surface area contributed by atoms with Crippen molar-refractivity contribution in [1.82, 2.24) is 4.90 Å². The molecule has 0 aliphatic carbocycles. The molecule has 3 amide bonds. The minimum Gasteiger partial charge on any atom is -0.432 e. The van der Waals surface area contributed by atoms with E-state index in [9.17, 15) is 24.3 Å². The van der Waals surface area contributed by atoms with Gasteiger partial charge in [0.05, 0.1) is 30.9 Å². The van der Waals surface area contributed by atoms with Gasteiger partial charge in [0.15, 0.2) is 13.9 Å². The molecule has 10 heteroatoms. The maximum atomic E-state index is 14.0. The Morgan fingerprint density at radius 2 is 1.87 bits per heavy atom. The Bertz CT molecular complexity index is 1140. The number of anilines is 2. The Morgan fingerprint density at radius 3 is 2.59 bits per heavy atom. The van der Waals surface area contributed by atoms with Crippen molar-refractivity contribution in [3.8, 4) is 0 Å². The first-order chi connectivity index (χ1) is 18.5. The van der Waals surface area contributed by atoms with E-state index < -0.39 is 20.0 Å². The van der Waals surface area contributed by atoms with Crippen LogP contribution in [0.25, 0.3) is 0 Å². The Hall–Kier alpha value is -2.27. The van der Waals surface area contributed by atoms with Crippen molar-refractivity contribution < 1.29 is 29.0 Å². The van der Waals surface area contributed by atoms with E-state index in [4.69, 9.17) is 4.74 Å². The molecule has 0 aromatic heterocycles. The third kappa shape index (κ3) is 4.73. The largest absolute Gasteiger partial charge is 0.432 e. The van der Waals surface area contributed by atoms with Crippen molar-refractivity contribution >= 4 is 37.4 Å². The predicted molar refractivity (Wildman–Crippen MR) is 151 cm³/mol. The minimum atomic E-state index is -2.90. The second-order valence-corrected chi connectivity index (χ2v) is 16.4. The summed E-state index contributed by atoms with van der Waals surface area (Å²) in [6.07, 6.45) is 5.52. The monoisotopic (exact) mass is 557 g/mol. The van der Waals surface area contributed by atoms with E-state index in [1.54, 1.807) is 16.8 Å². The summed E-state index contributed by atoms with van der Waals surface area (Å²) in [4.78, 5) is 57.1. The van der Waals surface area contributed by atoms with Gasteiger partial charge in [-0.25, -0.2) is 0 Å². The van der Waals surface area contributed by atoms with Crippen LogP contribution in [-0.4, -0.2) is 79.7 Å². The van der Waals surface area contributed by atoms with Crippen LogP contribution in [0.2, 0.25) is 18.6 Å². The molecule has 1 aromatic rings. The topological polar surface area (TPSA) is 111 Å². The van der Waals surface area contributed by atoms with Crippen LogP contribution >= 0.6 is 0 Å². The molecular weight excluding hydrogens is 514 g/mol. The molecule has 0 saturated carbocycles. The maximum absolute atomic E-state index is 14.0. The van der Waals surface area contributed by atoms with Gasteiger partial charge in [0.25, 0.3) is 5.91 Å². The highest BCUT2D eigenvalue weighted by Gasteiger charge is 2.66. The van der Waals surface area contributed by atoms with Crippen LogP contribution in [0, 0.1) is 5.92 Å². The summed E-state index contributed by atoms with van der Waals surface area (Å²) in [5.74, 6) is -0.587. The average molecular weight is 558 g/mol. The molecular formula is C29H43N3O6Si. The van der Waals surface area contributed by atoms with Crippen LogP contribution < -0.4 is 9.80 Å². The maximum Gasteiger partial charge on any atom is 0.264 e. The van der Waals surface area contributed by atoms with Gasteiger partial charge in [-0.2, -0.15) is 0 Å². The number of amides is 3. The van der Waals surface area contributed by atoms with Crippen LogP contribution in [0.5, 0.6) is 0 Å². The number of likely N-dealkylation sites (N-methyl/N-ethyl adjacent to an activating group) is 1. The fourth-order valence-electron chi connectivity index (χ4n) is 7.61. The highest BCUT2D eigenvalue weighted by Crippen LogP contribution is 2.59. The zero-order valence-electron chi connectivity index (χ0n) is 23.7. The molecule has 3 saturated heterocycles. The highest BCUT2D eigenvalue weighted by atomic mass is 28.4. The molecule has 5 rings (SSSR count). The van der Waals surface area contributed by atoms with Crippen LogP contribution in [-0.2, 0) is 24.7 Å². The Kier molecular flexibility index (Phi) is 7.69. The summed E-state index contributed by atoms with van der Waals surface area (Å²) in [6, 6.07) is 5.54. The third-order valence-electron chi connectivity index (χ3n) is 9.52. The van der Waals surface area contributed by atoms with Gasteiger partial charge in [0.2, 0.25) is 11.8 Å². The van der Waals surface area contributed by atoms with Gasteiger partial charge in [-0.1, -0.05) is 19.8 Å². The molecule has 214 valence electrons. The molecule has 0 bridgehead atoms. The zero-order chi connectivity index (χ0) is 28.1. The molecule has 4 aliphatic rings. The number of benzene rings is 1. The Labute approximate surface area is 232 Å². The normalized spacial score (nSPS) is 31.7. The molecule has 1 aromatic carbocycles. The summed E-state index contributed by atoms with van der Waals surface area (Å²) in [6.45, 7) is 6.82. The van der Waals surface area contributed by atoms with Crippen molar-refractivity contribution in [2.24, 2.45) is 5.92 Å². The van der Waals surface area contributed by atoms with Crippen molar-refractivity contribution in [3.05, 3.63) is 23.8 Å². The molecule has 0 radical (unpaired) electrons. The average Bonchev–Trinajstić information content (AvgIpc) is 3.53. The summed E-state index contributed by atoms with van der Waals surface area (Å²) < 4.78 is 6.75. The second kappa shape index (κ2) is 10.6. The SMILES string of the molecule is C[C@H]1[C@H]([Si](C)(C)O)[C@@H](CC(=O)N2CCC[C@H]2CO)O[C@]12C(=O)N(C)c1ccc(N3CCCCCCC3=O)cc12. The molecule has 2 N–H and O–H groups in total. The van der Waals surface area contributed by atoms with Crippen LogP contribution in [0.3, 0.4) is 0 Å². The van der Waals surface area contributed by atoms with Crippen molar-refractivity contribution in [2.75, 3.05) is 36.5 Å². The number of aliphatic hydroxyl groups excluding tert-OH is 1. The lowest BCUT2D eigenvalue weighted by Crippen LogP contribution is -2.45. The summed E-state index contributed by atoms with van der Waals surface area (Å²) in [5.41, 5.74) is 0.515. The third-order valence-corrected chi connectivity index (χ3v) is 12.0. The quantitative estimate of drug-likeness (QED) is 0.539. The van der Waals surface area contributed by atoms with E-state index in [-0.39, 0.29) is 48.3 Å². The number of aliphatic hydroxyl groups is 1. The standard InChI is InChI=1S/C29H43N3O6Si/c1-19-27(39(3,4)37)24(17-26(35)32-15-9-10-21(32)18-33)38-29(19)22-16-20(12-13-23(22)30(2)28(29)36)31-14-8-6-5-7-11-25(31)34/h12-13,16,19,21,24,27,33,37H,5-11,14-15,17-18H2,1-4H3/t19-,21-,24+,27-,29+/m0/s1. The lowest BCUT2D eigenvalue weighted by Gasteiger charge is -2.33. The van der Waals surface area contributed by atoms with E-state index in [0.29, 0.717) is 25.1 Å². The Morgan fingerprint density at radius 1 is 1.13 bits per heavy atom. The van der Waals surface area contributed by atoms with E-state index in [1.165, 1.54) is 0 Å². The fourth-order valence-corrected chi connectivity index (χ4v) is 10.2. The summed E-state index contributed by atoms with van der Waals surface area (Å²) >= 11 is 0. The van der Waals surface area contributed by atoms with Gasteiger partial charge in [0.1, 0.15) is 0 Å². The first-order valence-electron chi connectivity index (χ1n) is 14.5. The number of hydrogen-bond donors (Lipinski definition) is 2. The smallest absolute Gasteiger partial charge is 0.264 e. The number of fused-ring (bicyclic) bond motifs is 2. The summed E-state index contributed by atoms with van der Waals surface area (Å²) in [7, 11) is -1.16.